The maximum atomic E-state index is 12.1. The zero-order valence-corrected chi connectivity index (χ0v) is 12.6. The molecular weight excluding hydrogens is 238 g/mol. The zero-order valence-electron chi connectivity index (χ0n) is 12.6. The van der Waals surface area contributed by atoms with Gasteiger partial charge in [-0.3, -0.25) is 9.69 Å². The average molecular weight is 267 g/mol. The molecule has 3 nitrogen and oxygen atoms in total. The Morgan fingerprint density at radius 2 is 1.79 bits per heavy atom. The number of hydrogen-bond acceptors (Lipinski definition) is 3. The molecule has 0 bridgehead atoms. The van der Waals surface area contributed by atoms with E-state index in [0.717, 1.165) is 25.9 Å². The Morgan fingerprint density at radius 3 is 2.32 bits per heavy atom. The summed E-state index contributed by atoms with van der Waals surface area (Å²) in [5.74, 6) is -0.00766. The molecule has 1 aliphatic heterocycles. The molecule has 1 saturated heterocycles. The van der Waals surface area contributed by atoms with E-state index in [2.05, 4.69) is 11.8 Å². The molecule has 0 aromatic rings. The molecular formula is C16H29NO2. The molecule has 3 heteroatoms. The summed E-state index contributed by atoms with van der Waals surface area (Å²) < 4.78 is 5.25. The number of carbonyl (C=O) groups is 1. The highest BCUT2D eigenvalue weighted by Crippen LogP contribution is 2.46. The van der Waals surface area contributed by atoms with Gasteiger partial charge in [0.05, 0.1) is 6.61 Å². The van der Waals surface area contributed by atoms with Gasteiger partial charge in [0.25, 0.3) is 0 Å². The van der Waals surface area contributed by atoms with Crippen LogP contribution in [0.1, 0.15) is 65.2 Å². The summed E-state index contributed by atoms with van der Waals surface area (Å²) in [4.78, 5) is 14.5. The highest BCUT2D eigenvalue weighted by molar-refractivity contribution is 5.75. The van der Waals surface area contributed by atoms with Gasteiger partial charge in [0.2, 0.25) is 0 Å². The van der Waals surface area contributed by atoms with Gasteiger partial charge >= 0.3 is 5.97 Å². The summed E-state index contributed by atoms with van der Waals surface area (Å²) in [6, 6.07) is 0.00343. The first kappa shape index (κ1) is 14.8. The third kappa shape index (κ3) is 3.50. The van der Waals surface area contributed by atoms with Gasteiger partial charge in [-0.1, -0.05) is 26.2 Å². The molecule has 0 aromatic heterocycles. The topological polar surface area (TPSA) is 29.5 Å². The highest BCUT2D eigenvalue weighted by atomic mass is 16.5. The van der Waals surface area contributed by atoms with Gasteiger partial charge in [0, 0.05) is 0 Å². The molecule has 2 rings (SSSR count). The fourth-order valence-corrected chi connectivity index (χ4v) is 3.90. The molecule has 2 aliphatic rings. The summed E-state index contributed by atoms with van der Waals surface area (Å²) in [5, 5.41) is 0. The fourth-order valence-electron chi connectivity index (χ4n) is 3.90. The second kappa shape index (κ2) is 6.74. The number of carbonyl (C=O) groups excluding carboxylic acids is 1. The van der Waals surface area contributed by atoms with Crippen LogP contribution in [0.15, 0.2) is 0 Å². The minimum absolute atomic E-state index is 0.00343. The van der Waals surface area contributed by atoms with Gasteiger partial charge in [0.15, 0.2) is 0 Å². The summed E-state index contributed by atoms with van der Waals surface area (Å²) in [5.41, 5.74) is 0.627. The van der Waals surface area contributed by atoms with Crippen molar-refractivity contribution in [2.24, 2.45) is 5.41 Å². The fraction of sp³-hybridized carbons (Fsp3) is 0.938. The molecule has 19 heavy (non-hydrogen) atoms. The lowest BCUT2D eigenvalue weighted by Crippen LogP contribution is -2.48. The van der Waals surface area contributed by atoms with E-state index >= 15 is 0 Å². The summed E-state index contributed by atoms with van der Waals surface area (Å²) in [6.45, 7) is 6.71. The molecule has 0 amide bonds. The molecule has 1 saturated carbocycles. The minimum Gasteiger partial charge on any atom is -0.465 e. The quantitative estimate of drug-likeness (QED) is 0.715. The number of hydrogen-bond donors (Lipinski definition) is 0. The summed E-state index contributed by atoms with van der Waals surface area (Å²) in [7, 11) is 0. The van der Waals surface area contributed by atoms with E-state index in [0.29, 0.717) is 12.0 Å². The molecule has 1 spiro atoms. The normalized spacial score (nSPS) is 24.5. The highest BCUT2D eigenvalue weighted by Gasteiger charge is 2.39. The monoisotopic (exact) mass is 267 g/mol. The molecule has 110 valence electrons. The van der Waals surface area contributed by atoms with Crippen molar-refractivity contribution in [3.05, 3.63) is 0 Å². The standard InChI is InChI=1S/C16H29NO2/c1-3-7-14(15(18)19-4-2)17-12-10-16(11-13-17)8-5-6-9-16/h14H,3-13H2,1-2H3. The van der Waals surface area contributed by atoms with Crippen molar-refractivity contribution >= 4 is 5.97 Å². The van der Waals surface area contributed by atoms with E-state index in [1.807, 2.05) is 6.92 Å². The molecule has 1 heterocycles. The van der Waals surface area contributed by atoms with Crippen LogP contribution in [-0.2, 0) is 9.53 Å². The van der Waals surface area contributed by atoms with Crippen LogP contribution in [0.25, 0.3) is 0 Å². The molecule has 2 fully saturated rings. The lowest BCUT2D eigenvalue weighted by Gasteiger charge is -2.42. The van der Waals surface area contributed by atoms with Crippen molar-refractivity contribution in [2.75, 3.05) is 19.7 Å². The van der Waals surface area contributed by atoms with E-state index in [-0.39, 0.29) is 12.0 Å². The number of esters is 1. The van der Waals surface area contributed by atoms with E-state index in [4.69, 9.17) is 4.74 Å². The van der Waals surface area contributed by atoms with Crippen LogP contribution in [0.4, 0.5) is 0 Å². The predicted molar refractivity (Wildman–Crippen MR) is 77.0 cm³/mol. The van der Waals surface area contributed by atoms with Gasteiger partial charge < -0.3 is 4.74 Å². The maximum absolute atomic E-state index is 12.1. The number of ether oxygens (including phenoxy) is 1. The number of rotatable bonds is 5. The van der Waals surface area contributed by atoms with E-state index < -0.39 is 0 Å². The van der Waals surface area contributed by atoms with Crippen molar-refractivity contribution in [2.45, 2.75) is 71.3 Å². The van der Waals surface area contributed by atoms with E-state index in [1.165, 1.54) is 38.5 Å². The molecule has 0 radical (unpaired) electrons. The van der Waals surface area contributed by atoms with E-state index in [9.17, 15) is 4.79 Å². The second-order valence-corrected chi connectivity index (χ2v) is 6.30. The molecule has 0 aromatic carbocycles. The van der Waals surface area contributed by atoms with Crippen LogP contribution in [0.5, 0.6) is 0 Å². The van der Waals surface area contributed by atoms with Crippen molar-refractivity contribution in [1.82, 2.24) is 4.90 Å². The van der Waals surface area contributed by atoms with E-state index in [1.54, 1.807) is 0 Å². The molecule has 0 N–H and O–H groups in total. The number of nitrogens with zero attached hydrogens (tertiary/aromatic N) is 1. The largest absolute Gasteiger partial charge is 0.465 e. The third-order valence-corrected chi connectivity index (χ3v) is 5.08. The van der Waals surface area contributed by atoms with Crippen molar-refractivity contribution in [1.29, 1.82) is 0 Å². The van der Waals surface area contributed by atoms with Gasteiger partial charge in [-0.25, -0.2) is 0 Å². The second-order valence-electron chi connectivity index (χ2n) is 6.30. The van der Waals surface area contributed by atoms with Crippen molar-refractivity contribution in [3.63, 3.8) is 0 Å². The van der Waals surface area contributed by atoms with Crippen LogP contribution >= 0.6 is 0 Å². The molecule has 1 unspecified atom stereocenters. The van der Waals surface area contributed by atoms with Crippen LogP contribution < -0.4 is 0 Å². The Labute approximate surface area is 117 Å². The lowest BCUT2D eigenvalue weighted by molar-refractivity contribution is -0.151. The van der Waals surface area contributed by atoms with Crippen LogP contribution in [0, 0.1) is 5.41 Å². The Bertz CT molecular complexity index is 287. The first-order valence-corrected chi connectivity index (χ1v) is 8.11. The van der Waals surface area contributed by atoms with Gasteiger partial charge in [0.1, 0.15) is 6.04 Å². The molecule has 1 atom stereocenters. The number of likely N-dealkylation sites (tertiary alicyclic amines) is 1. The zero-order chi connectivity index (χ0) is 13.7. The first-order chi connectivity index (χ1) is 9.21. The van der Waals surface area contributed by atoms with Gasteiger partial charge in [-0.15, -0.1) is 0 Å². The Kier molecular flexibility index (Phi) is 5.26. The average Bonchev–Trinajstić information content (AvgIpc) is 2.86. The minimum atomic E-state index is -0.00766. The Hall–Kier alpha value is -0.570. The Morgan fingerprint density at radius 1 is 1.16 bits per heavy atom. The smallest absolute Gasteiger partial charge is 0.323 e. The van der Waals surface area contributed by atoms with Gasteiger partial charge in [-0.05, 0) is 57.5 Å². The Balaban J connectivity index is 1.91. The lowest BCUT2D eigenvalue weighted by atomic mass is 9.76. The SMILES string of the molecule is CCCC(C(=O)OCC)N1CCC2(CCCC2)CC1. The number of piperidine rings is 1. The molecule has 1 aliphatic carbocycles. The third-order valence-electron chi connectivity index (χ3n) is 5.08. The predicted octanol–water partition coefficient (Wildman–Crippen LogP) is 3.37. The van der Waals surface area contributed by atoms with Crippen LogP contribution in [0.3, 0.4) is 0 Å². The maximum Gasteiger partial charge on any atom is 0.323 e. The first-order valence-electron chi connectivity index (χ1n) is 8.11. The summed E-state index contributed by atoms with van der Waals surface area (Å²) in [6.07, 6.45) is 10.2. The summed E-state index contributed by atoms with van der Waals surface area (Å²) >= 11 is 0. The van der Waals surface area contributed by atoms with Crippen LogP contribution in [-0.4, -0.2) is 36.6 Å². The van der Waals surface area contributed by atoms with Crippen molar-refractivity contribution < 1.29 is 9.53 Å². The van der Waals surface area contributed by atoms with Crippen molar-refractivity contribution in [3.8, 4) is 0 Å². The van der Waals surface area contributed by atoms with Crippen LogP contribution in [0.2, 0.25) is 0 Å². The van der Waals surface area contributed by atoms with Gasteiger partial charge in [-0.2, -0.15) is 0 Å².